The van der Waals surface area contributed by atoms with E-state index in [1.807, 2.05) is 44.2 Å². The fraction of sp³-hybridized carbons (Fsp3) is 0.308. The van der Waals surface area contributed by atoms with Crippen LogP contribution in [0.5, 0.6) is 0 Å². The summed E-state index contributed by atoms with van der Waals surface area (Å²) in [5.74, 6) is -0.349. The fourth-order valence-electron chi connectivity index (χ4n) is 1.43. The summed E-state index contributed by atoms with van der Waals surface area (Å²) in [5.41, 5.74) is 1.47. The van der Waals surface area contributed by atoms with Crippen molar-refractivity contribution in [3.8, 4) is 11.3 Å². The Hall–Kier alpha value is -1.75. The number of hydrogen-bond donors (Lipinski definition) is 0. The maximum atomic E-state index is 12.0. The molecule has 0 fully saturated rings. The fourth-order valence-corrected chi connectivity index (χ4v) is 2.00. The van der Waals surface area contributed by atoms with Gasteiger partial charge in [-0.2, -0.15) is 0 Å². The number of hydrogen-bond acceptors (Lipinski definition) is 5. The highest BCUT2D eigenvalue weighted by atomic mass is 32.1. The minimum Gasteiger partial charge on any atom is -0.458 e. The summed E-state index contributed by atoms with van der Waals surface area (Å²) < 4.78 is 9.14. The average molecular weight is 262 g/mol. The quantitative estimate of drug-likeness (QED) is 0.794. The van der Waals surface area contributed by atoms with Gasteiger partial charge in [-0.1, -0.05) is 41.7 Å². The predicted molar refractivity (Wildman–Crippen MR) is 70.5 cm³/mol. The van der Waals surface area contributed by atoms with Crippen LogP contribution in [0.15, 0.2) is 30.3 Å². The Morgan fingerprint density at radius 1 is 1.39 bits per heavy atom. The Labute approximate surface area is 110 Å². The molecule has 5 heteroatoms. The first-order valence-corrected chi connectivity index (χ1v) is 6.58. The monoisotopic (exact) mass is 262 g/mol. The molecule has 0 saturated carbocycles. The average Bonchev–Trinajstić information content (AvgIpc) is 2.88. The van der Waals surface area contributed by atoms with Gasteiger partial charge in [0.2, 0.25) is 0 Å². The second kappa shape index (κ2) is 5.73. The van der Waals surface area contributed by atoms with Gasteiger partial charge in [0.1, 0.15) is 5.69 Å². The lowest BCUT2D eigenvalue weighted by atomic mass is 10.1. The third-order valence-corrected chi connectivity index (χ3v) is 3.31. The molecule has 0 N–H and O–H groups in total. The van der Waals surface area contributed by atoms with Gasteiger partial charge in [0.15, 0.2) is 4.88 Å². The number of benzene rings is 1. The van der Waals surface area contributed by atoms with Crippen LogP contribution < -0.4 is 0 Å². The van der Waals surface area contributed by atoms with Gasteiger partial charge in [0.25, 0.3) is 0 Å². The number of ether oxygens (including phenoxy) is 1. The number of carbonyl (C=O) groups excluding carboxylic acids is 1. The van der Waals surface area contributed by atoms with Crippen LogP contribution in [0.2, 0.25) is 0 Å². The zero-order valence-electron chi connectivity index (χ0n) is 10.3. The van der Waals surface area contributed by atoms with Gasteiger partial charge < -0.3 is 4.74 Å². The minimum atomic E-state index is -0.349. The van der Waals surface area contributed by atoms with E-state index in [0.29, 0.717) is 10.6 Å². The van der Waals surface area contributed by atoms with E-state index in [9.17, 15) is 4.79 Å². The summed E-state index contributed by atoms with van der Waals surface area (Å²) in [7, 11) is 0. The zero-order valence-corrected chi connectivity index (χ0v) is 11.1. The van der Waals surface area contributed by atoms with E-state index in [0.717, 1.165) is 23.5 Å². The molecule has 18 heavy (non-hydrogen) atoms. The molecule has 0 aliphatic carbocycles. The third-order valence-electron chi connectivity index (χ3n) is 2.60. The number of carbonyl (C=O) groups is 1. The highest BCUT2D eigenvalue weighted by Gasteiger charge is 2.20. The Kier molecular flexibility index (Phi) is 4.04. The lowest BCUT2D eigenvalue weighted by molar-refractivity contribution is 0.0341. The van der Waals surface area contributed by atoms with Crippen LogP contribution in [0.25, 0.3) is 11.3 Å². The molecule has 1 atom stereocenters. The van der Waals surface area contributed by atoms with Crippen molar-refractivity contribution in [3.05, 3.63) is 35.2 Å². The second-order valence-corrected chi connectivity index (χ2v) is 4.69. The number of aromatic nitrogens is 2. The highest BCUT2D eigenvalue weighted by molar-refractivity contribution is 7.08. The third kappa shape index (κ3) is 2.73. The predicted octanol–water partition coefficient (Wildman–Crippen LogP) is 3.16. The van der Waals surface area contributed by atoms with Crippen LogP contribution in [-0.2, 0) is 4.74 Å². The molecule has 1 aromatic carbocycles. The van der Waals surface area contributed by atoms with Crippen molar-refractivity contribution in [1.82, 2.24) is 9.59 Å². The number of nitrogens with zero attached hydrogens (tertiary/aromatic N) is 2. The molecule has 0 amide bonds. The van der Waals surface area contributed by atoms with Crippen LogP contribution in [-0.4, -0.2) is 21.7 Å². The van der Waals surface area contributed by atoms with E-state index >= 15 is 0 Å². The number of esters is 1. The Balaban J connectivity index is 2.26. The molecular weight excluding hydrogens is 248 g/mol. The summed E-state index contributed by atoms with van der Waals surface area (Å²) in [6.45, 7) is 3.84. The van der Waals surface area contributed by atoms with Crippen LogP contribution in [0.3, 0.4) is 0 Å². The molecule has 94 valence electrons. The highest BCUT2D eigenvalue weighted by Crippen LogP contribution is 2.24. The zero-order chi connectivity index (χ0) is 13.0. The molecule has 1 aromatic heterocycles. The number of rotatable bonds is 4. The molecule has 1 heterocycles. The van der Waals surface area contributed by atoms with Crippen molar-refractivity contribution in [2.24, 2.45) is 0 Å². The van der Waals surface area contributed by atoms with E-state index in [4.69, 9.17) is 4.74 Å². The van der Waals surface area contributed by atoms with Crippen LogP contribution in [0, 0.1) is 0 Å². The first-order valence-electron chi connectivity index (χ1n) is 5.81. The summed E-state index contributed by atoms with van der Waals surface area (Å²) in [6, 6.07) is 9.52. The molecule has 1 unspecified atom stereocenters. The molecule has 2 rings (SSSR count). The summed E-state index contributed by atoms with van der Waals surface area (Å²) >= 11 is 1.07. The topological polar surface area (TPSA) is 52.1 Å². The minimum absolute atomic E-state index is 0.0942. The van der Waals surface area contributed by atoms with Crippen LogP contribution in [0.4, 0.5) is 0 Å². The van der Waals surface area contributed by atoms with Gasteiger partial charge in [-0.15, -0.1) is 5.10 Å². The molecular formula is C13H14N2O2S. The van der Waals surface area contributed by atoms with Crippen molar-refractivity contribution >= 4 is 17.5 Å². The van der Waals surface area contributed by atoms with Crippen LogP contribution >= 0.6 is 11.5 Å². The van der Waals surface area contributed by atoms with Crippen molar-refractivity contribution in [2.75, 3.05) is 0 Å². The van der Waals surface area contributed by atoms with Gasteiger partial charge in [-0.25, -0.2) is 4.79 Å². The standard InChI is InChI=1S/C13H14N2O2S/c1-3-9(2)17-13(16)12-11(14-15-18-12)10-7-5-4-6-8-10/h4-9H,3H2,1-2H3. The SMILES string of the molecule is CCC(C)OC(=O)c1snnc1-c1ccccc1. The first-order chi connectivity index (χ1) is 8.72. The molecule has 0 saturated heterocycles. The molecule has 0 radical (unpaired) electrons. The smallest absolute Gasteiger partial charge is 0.352 e. The molecule has 0 aliphatic heterocycles. The van der Waals surface area contributed by atoms with Crippen molar-refractivity contribution in [3.63, 3.8) is 0 Å². The Bertz CT molecular complexity index is 525. The van der Waals surface area contributed by atoms with Crippen molar-refractivity contribution < 1.29 is 9.53 Å². The van der Waals surface area contributed by atoms with Gasteiger partial charge in [-0.3, -0.25) is 0 Å². The lowest BCUT2D eigenvalue weighted by Crippen LogP contribution is -2.13. The molecule has 0 spiro atoms. The van der Waals surface area contributed by atoms with Gasteiger partial charge in [-0.05, 0) is 24.9 Å². The van der Waals surface area contributed by atoms with Crippen molar-refractivity contribution in [2.45, 2.75) is 26.4 Å². The Morgan fingerprint density at radius 3 is 2.78 bits per heavy atom. The largest absolute Gasteiger partial charge is 0.458 e. The molecule has 2 aromatic rings. The summed E-state index contributed by atoms with van der Waals surface area (Å²) in [6.07, 6.45) is 0.696. The lowest BCUT2D eigenvalue weighted by Gasteiger charge is -2.09. The summed E-state index contributed by atoms with van der Waals surface area (Å²) in [5, 5.41) is 4.01. The molecule has 4 nitrogen and oxygen atoms in total. The van der Waals surface area contributed by atoms with E-state index < -0.39 is 0 Å². The maximum absolute atomic E-state index is 12.0. The van der Waals surface area contributed by atoms with E-state index in [1.54, 1.807) is 0 Å². The van der Waals surface area contributed by atoms with E-state index in [2.05, 4.69) is 9.59 Å². The van der Waals surface area contributed by atoms with Crippen LogP contribution in [0.1, 0.15) is 29.9 Å². The van der Waals surface area contributed by atoms with Gasteiger partial charge >= 0.3 is 5.97 Å². The Morgan fingerprint density at radius 2 is 2.11 bits per heavy atom. The van der Waals surface area contributed by atoms with Gasteiger partial charge in [0, 0.05) is 5.56 Å². The van der Waals surface area contributed by atoms with Crippen molar-refractivity contribution in [1.29, 1.82) is 0 Å². The maximum Gasteiger partial charge on any atom is 0.352 e. The van der Waals surface area contributed by atoms with Gasteiger partial charge in [0.05, 0.1) is 6.10 Å². The summed E-state index contributed by atoms with van der Waals surface area (Å²) in [4.78, 5) is 12.4. The molecule has 0 aliphatic rings. The normalized spacial score (nSPS) is 12.1. The van der Waals surface area contributed by atoms with E-state index in [1.165, 1.54) is 0 Å². The van der Waals surface area contributed by atoms with E-state index in [-0.39, 0.29) is 12.1 Å². The molecule has 0 bridgehead atoms. The first kappa shape index (κ1) is 12.7. The second-order valence-electron chi connectivity index (χ2n) is 3.94.